The molecule has 1 aromatic rings. The van der Waals surface area contributed by atoms with Gasteiger partial charge in [-0.3, -0.25) is 0 Å². The summed E-state index contributed by atoms with van der Waals surface area (Å²) in [7, 11) is 1.97. The van der Waals surface area contributed by atoms with Crippen LogP contribution in [0.4, 0.5) is 4.39 Å². The third kappa shape index (κ3) is 2.23. The van der Waals surface area contributed by atoms with E-state index in [1.807, 2.05) is 13.1 Å². The van der Waals surface area contributed by atoms with Gasteiger partial charge in [0.2, 0.25) is 0 Å². The van der Waals surface area contributed by atoms with Gasteiger partial charge in [0, 0.05) is 6.54 Å². The Kier molecular flexibility index (Phi) is 3.50. The molecule has 0 atom stereocenters. The number of rotatable bonds is 4. The zero-order valence-electron chi connectivity index (χ0n) is 9.52. The van der Waals surface area contributed by atoms with E-state index in [1.165, 1.54) is 25.3 Å². The van der Waals surface area contributed by atoms with Crippen LogP contribution in [0.5, 0.6) is 0 Å². The van der Waals surface area contributed by atoms with Crippen LogP contribution in [0.2, 0.25) is 5.02 Å². The lowest BCUT2D eigenvalue weighted by Gasteiger charge is -2.42. The minimum absolute atomic E-state index is 0.296. The molecule has 3 heteroatoms. The highest BCUT2D eigenvalue weighted by Crippen LogP contribution is 2.44. The van der Waals surface area contributed by atoms with Gasteiger partial charge in [-0.15, -0.1) is 0 Å². The highest BCUT2D eigenvalue weighted by molar-refractivity contribution is 6.31. The summed E-state index contributed by atoms with van der Waals surface area (Å²) in [6.45, 7) is 0.986. The molecule has 0 bridgehead atoms. The van der Waals surface area contributed by atoms with Crippen LogP contribution in [0, 0.1) is 11.2 Å². The average molecular weight is 242 g/mol. The van der Waals surface area contributed by atoms with Crippen LogP contribution in [0.1, 0.15) is 24.8 Å². The van der Waals surface area contributed by atoms with Crippen molar-refractivity contribution in [2.24, 2.45) is 5.41 Å². The number of hydrogen-bond acceptors (Lipinski definition) is 1. The van der Waals surface area contributed by atoms with E-state index in [2.05, 4.69) is 5.32 Å². The summed E-state index contributed by atoms with van der Waals surface area (Å²) in [4.78, 5) is 0. The highest BCUT2D eigenvalue weighted by atomic mass is 35.5. The van der Waals surface area contributed by atoms with Crippen molar-refractivity contribution in [2.45, 2.75) is 25.7 Å². The second-order valence-electron chi connectivity index (χ2n) is 4.77. The smallest absolute Gasteiger partial charge is 0.142 e. The van der Waals surface area contributed by atoms with Crippen LogP contribution in [-0.2, 0) is 6.42 Å². The maximum absolute atomic E-state index is 13.3. The Morgan fingerprint density at radius 3 is 2.75 bits per heavy atom. The van der Waals surface area contributed by atoms with Gasteiger partial charge in [-0.05, 0) is 43.4 Å². The molecule has 1 nitrogen and oxygen atoms in total. The van der Waals surface area contributed by atoms with Gasteiger partial charge in [0.1, 0.15) is 5.82 Å². The van der Waals surface area contributed by atoms with E-state index in [1.54, 1.807) is 6.07 Å². The van der Waals surface area contributed by atoms with Gasteiger partial charge in [-0.1, -0.05) is 30.2 Å². The van der Waals surface area contributed by atoms with Gasteiger partial charge in [0.15, 0.2) is 0 Å². The van der Waals surface area contributed by atoms with E-state index in [-0.39, 0.29) is 5.82 Å². The van der Waals surface area contributed by atoms with Gasteiger partial charge in [-0.25, -0.2) is 4.39 Å². The molecule has 1 saturated carbocycles. The Morgan fingerprint density at radius 1 is 1.44 bits per heavy atom. The van der Waals surface area contributed by atoms with Gasteiger partial charge < -0.3 is 5.32 Å². The molecule has 1 aromatic carbocycles. The van der Waals surface area contributed by atoms with E-state index in [0.29, 0.717) is 10.4 Å². The second kappa shape index (κ2) is 4.72. The number of benzene rings is 1. The predicted molar refractivity (Wildman–Crippen MR) is 65.3 cm³/mol. The predicted octanol–water partition coefficient (Wildman–Crippen LogP) is 3.41. The van der Waals surface area contributed by atoms with Crippen molar-refractivity contribution in [2.75, 3.05) is 13.6 Å². The molecule has 1 aliphatic carbocycles. The quantitative estimate of drug-likeness (QED) is 0.852. The molecule has 1 N–H and O–H groups in total. The van der Waals surface area contributed by atoms with E-state index < -0.39 is 0 Å². The lowest BCUT2D eigenvalue weighted by atomic mass is 9.65. The van der Waals surface area contributed by atoms with Gasteiger partial charge in [0.25, 0.3) is 0 Å². The van der Waals surface area contributed by atoms with Crippen LogP contribution < -0.4 is 5.32 Å². The standard InChI is InChI=1S/C13H17ClFN/c1-16-9-13(6-3-7-13)8-10-4-2-5-11(15)12(10)14/h2,4-5,16H,3,6-9H2,1H3. The summed E-state index contributed by atoms with van der Waals surface area (Å²) in [5.74, 6) is -0.307. The molecule has 0 aliphatic heterocycles. The maximum atomic E-state index is 13.3. The van der Waals surface area contributed by atoms with Crippen LogP contribution in [0.15, 0.2) is 18.2 Å². The van der Waals surface area contributed by atoms with Crippen molar-refractivity contribution in [3.05, 3.63) is 34.6 Å². The Hall–Kier alpha value is -0.600. The Balaban J connectivity index is 2.16. The zero-order chi connectivity index (χ0) is 11.6. The molecule has 2 rings (SSSR count). The van der Waals surface area contributed by atoms with E-state index in [9.17, 15) is 4.39 Å². The summed E-state index contributed by atoms with van der Waals surface area (Å²) in [5.41, 5.74) is 1.24. The third-order valence-electron chi connectivity index (χ3n) is 3.56. The molecule has 1 aliphatic rings. The molecular formula is C13H17ClFN. The topological polar surface area (TPSA) is 12.0 Å². The van der Waals surface area contributed by atoms with Crippen molar-refractivity contribution < 1.29 is 4.39 Å². The molecule has 16 heavy (non-hydrogen) atoms. The van der Waals surface area contributed by atoms with Crippen LogP contribution >= 0.6 is 11.6 Å². The first-order valence-electron chi connectivity index (χ1n) is 5.74. The summed E-state index contributed by atoms with van der Waals surface area (Å²) < 4.78 is 13.3. The summed E-state index contributed by atoms with van der Waals surface area (Å²) >= 11 is 5.99. The molecular weight excluding hydrogens is 225 g/mol. The van der Waals surface area contributed by atoms with Crippen molar-refractivity contribution in [3.63, 3.8) is 0 Å². The second-order valence-corrected chi connectivity index (χ2v) is 5.15. The Bertz CT molecular complexity index is 374. The fraction of sp³-hybridized carbons (Fsp3) is 0.538. The monoisotopic (exact) mass is 241 g/mol. The van der Waals surface area contributed by atoms with Crippen molar-refractivity contribution in [1.29, 1.82) is 0 Å². The zero-order valence-corrected chi connectivity index (χ0v) is 10.3. The summed E-state index contributed by atoms with van der Waals surface area (Å²) in [5, 5.41) is 3.52. The maximum Gasteiger partial charge on any atom is 0.142 e. The van der Waals surface area contributed by atoms with Crippen molar-refractivity contribution in [3.8, 4) is 0 Å². The van der Waals surface area contributed by atoms with Gasteiger partial charge >= 0.3 is 0 Å². The van der Waals surface area contributed by atoms with E-state index in [4.69, 9.17) is 11.6 Å². The van der Waals surface area contributed by atoms with E-state index >= 15 is 0 Å². The first-order valence-corrected chi connectivity index (χ1v) is 6.12. The summed E-state index contributed by atoms with van der Waals surface area (Å²) in [6, 6.07) is 5.08. The van der Waals surface area contributed by atoms with E-state index in [0.717, 1.165) is 18.5 Å². The lowest BCUT2D eigenvalue weighted by molar-refractivity contribution is 0.133. The number of halogens is 2. The minimum Gasteiger partial charge on any atom is -0.319 e. The van der Waals surface area contributed by atoms with Crippen LogP contribution in [0.3, 0.4) is 0 Å². The van der Waals surface area contributed by atoms with Gasteiger partial charge in [-0.2, -0.15) is 0 Å². The Labute approximate surface area is 101 Å². The number of nitrogens with one attached hydrogen (secondary N) is 1. The fourth-order valence-corrected chi connectivity index (χ4v) is 2.75. The molecule has 1 fully saturated rings. The first-order chi connectivity index (χ1) is 7.67. The summed E-state index contributed by atoms with van der Waals surface area (Å²) in [6.07, 6.45) is 4.57. The molecule has 0 aromatic heterocycles. The lowest BCUT2D eigenvalue weighted by Crippen LogP contribution is -2.40. The first kappa shape index (κ1) is 11.9. The van der Waals surface area contributed by atoms with Crippen molar-refractivity contribution in [1.82, 2.24) is 5.32 Å². The van der Waals surface area contributed by atoms with Crippen molar-refractivity contribution >= 4 is 11.6 Å². The van der Waals surface area contributed by atoms with Gasteiger partial charge in [0.05, 0.1) is 5.02 Å². The minimum atomic E-state index is -0.307. The Morgan fingerprint density at radius 2 is 2.19 bits per heavy atom. The normalized spacial score (nSPS) is 18.2. The highest BCUT2D eigenvalue weighted by Gasteiger charge is 2.36. The molecule has 88 valence electrons. The molecule has 0 heterocycles. The fourth-order valence-electron chi connectivity index (χ4n) is 2.56. The SMILES string of the molecule is CNCC1(Cc2cccc(F)c2Cl)CCC1. The molecule has 0 amide bonds. The average Bonchev–Trinajstić information content (AvgIpc) is 2.21. The number of hydrogen-bond donors (Lipinski definition) is 1. The molecule has 0 radical (unpaired) electrons. The van der Waals surface area contributed by atoms with Crippen LogP contribution in [0.25, 0.3) is 0 Å². The van der Waals surface area contributed by atoms with Crippen LogP contribution in [-0.4, -0.2) is 13.6 Å². The third-order valence-corrected chi connectivity index (χ3v) is 3.99. The molecule has 0 spiro atoms. The molecule has 0 saturated heterocycles. The largest absolute Gasteiger partial charge is 0.319 e. The molecule has 0 unspecified atom stereocenters.